The van der Waals surface area contributed by atoms with Gasteiger partial charge in [-0.3, -0.25) is 0 Å². The van der Waals surface area contributed by atoms with Crippen LogP contribution in [0.1, 0.15) is 52.9 Å². The molecule has 0 aliphatic carbocycles. The monoisotopic (exact) mass is 277 g/mol. The summed E-state index contributed by atoms with van der Waals surface area (Å²) in [4.78, 5) is 0. The molecule has 0 saturated heterocycles. The Bertz CT molecular complexity index is 339. The maximum atomic E-state index is 10.1. The van der Waals surface area contributed by atoms with E-state index in [9.17, 15) is 5.11 Å². The Morgan fingerprint density at radius 2 is 2.05 bits per heavy atom. The van der Waals surface area contributed by atoms with Crippen LogP contribution in [0.4, 0.5) is 0 Å². The van der Waals surface area contributed by atoms with Gasteiger partial charge >= 0.3 is 0 Å². The van der Waals surface area contributed by atoms with Crippen molar-refractivity contribution in [1.29, 1.82) is 0 Å². The smallest absolute Gasteiger partial charge is 0.0919 e. The first-order valence-corrected chi connectivity index (χ1v) is 7.68. The summed E-state index contributed by atoms with van der Waals surface area (Å²) in [6, 6.07) is 0. The number of hydrogen-bond donors (Lipinski definition) is 2. The molecule has 0 bridgehead atoms. The van der Waals surface area contributed by atoms with Gasteiger partial charge in [-0.25, -0.2) is 0 Å². The van der Waals surface area contributed by atoms with Crippen LogP contribution in [0.25, 0.3) is 0 Å². The third-order valence-corrected chi connectivity index (χ3v) is 3.20. The number of unbranched alkanes of at least 4 members (excludes halogenated alkanes) is 3. The minimum absolute atomic E-state index is 0.432. The predicted molar refractivity (Wildman–Crippen MR) is 89.6 cm³/mol. The molecule has 1 unspecified atom stereocenters. The molecule has 0 aliphatic rings. The van der Waals surface area contributed by atoms with Gasteiger partial charge in [-0.2, -0.15) is 0 Å². The molecular formula is C18H31NO. The lowest BCUT2D eigenvalue weighted by atomic mass is 10.1. The van der Waals surface area contributed by atoms with E-state index in [1.165, 1.54) is 12.8 Å². The molecule has 2 heteroatoms. The summed E-state index contributed by atoms with van der Waals surface area (Å²) in [5.74, 6) is 0. The summed E-state index contributed by atoms with van der Waals surface area (Å²) in [7, 11) is 0. The van der Waals surface area contributed by atoms with Crippen molar-refractivity contribution in [3.8, 4) is 0 Å². The molecule has 2 nitrogen and oxygen atoms in total. The summed E-state index contributed by atoms with van der Waals surface area (Å²) in [5.41, 5.74) is 2.09. The average Bonchev–Trinajstić information content (AvgIpc) is 2.46. The molecule has 0 heterocycles. The van der Waals surface area contributed by atoms with Crippen molar-refractivity contribution in [2.75, 3.05) is 6.54 Å². The molecule has 20 heavy (non-hydrogen) atoms. The van der Waals surface area contributed by atoms with Gasteiger partial charge in [-0.1, -0.05) is 44.1 Å². The zero-order chi connectivity index (χ0) is 15.2. The first-order chi connectivity index (χ1) is 9.65. The maximum absolute atomic E-state index is 10.1. The van der Waals surface area contributed by atoms with E-state index in [1.807, 2.05) is 26.0 Å². The van der Waals surface area contributed by atoms with Crippen LogP contribution in [-0.2, 0) is 0 Å². The quantitative estimate of drug-likeness (QED) is 0.331. The van der Waals surface area contributed by atoms with Gasteiger partial charge in [0.15, 0.2) is 0 Å². The zero-order valence-electron chi connectivity index (χ0n) is 13.4. The second-order valence-electron chi connectivity index (χ2n) is 5.00. The minimum atomic E-state index is -0.432. The minimum Gasteiger partial charge on any atom is -0.387 e. The summed E-state index contributed by atoms with van der Waals surface area (Å²) in [5, 5.41) is 13.3. The van der Waals surface area contributed by atoms with E-state index in [0.717, 1.165) is 30.5 Å². The SMILES string of the molecule is C=CCC/C=C(\C)C(O)CNC(/C=C\CCCC)=C/C. The van der Waals surface area contributed by atoms with Crippen LogP contribution in [0.15, 0.2) is 48.2 Å². The number of allylic oxidation sites excluding steroid dienone is 5. The van der Waals surface area contributed by atoms with Crippen molar-refractivity contribution in [2.45, 2.75) is 59.0 Å². The number of aliphatic hydroxyl groups excluding tert-OH is 1. The summed E-state index contributed by atoms with van der Waals surface area (Å²) >= 11 is 0. The van der Waals surface area contributed by atoms with Crippen molar-refractivity contribution >= 4 is 0 Å². The van der Waals surface area contributed by atoms with E-state index >= 15 is 0 Å². The van der Waals surface area contributed by atoms with Crippen molar-refractivity contribution < 1.29 is 5.11 Å². The highest BCUT2D eigenvalue weighted by atomic mass is 16.3. The number of rotatable bonds is 11. The van der Waals surface area contributed by atoms with Gasteiger partial charge in [0.05, 0.1) is 6.10 Å². The first kappa shape index (κ1) is 18.7. The van der Waals surface area contributed by atoms with Crippen molar-refractivity contribution in [2.24, 2.45) is 0 Å². The van der Waals surface area contributed by atoms with Crippen LogP contribution in [0.3, 0.4) is 0 Å². The molecule has 114 valence electrons. The van der Waals surface area contributed by atoms with Gasteiger partial charge in [0.1, 0.15) is 0 Å². The molecule has 0 aromatic rings. The Morgan fingerprint density at radius 3 is 2.65 bits per heavy atom. The lowest BCUT2D eigenvalue weighted by Gasteiger charge is -2.14. The molecule has 2 N–H and O–H groups in total. The third kappa shape index (κ3) is 9.62. The highest BCUT2D eigenvalue weighted by molar-refractivity contribution is 5.17. The molecule has 0 radical (unpaired) electrons. The topological polar surface area (TPSA) is 32.3 Å². The Hall–Kier alpha value is -1.28. The second-order valence-corrected chi connectivity index (χ2v) is 5.00. The molecule has 0 amide bonds. The van der Waals surface area contributed by atoms with Crippen LogP contribution in [0.5, 0.6) is 0 Å². The standard InChI is InChI=1S/C18H31NO/c1-5-8-10-12-14-17(7-3)19-15-18(20)16(4)13-11-9-6-2/h6-7,12-14,18-20H,2,5,8-11,15H2,1,3-4H3/b14-12-,16-13+,17-7+. The van der Waals surface area contributed by atoms with Gasteiger partial charge in [-0.15, -0.1) is 6.58 Å². The van der Waals surface area contributed by atoms with Crippen molar-refractivity contribution in [1.82, 2.24) is 5.32 Å². The lowest BCUT2D eigenvalue weighted by Crippen LogP contribution is -2.26. The summed E-state index contributed by atoms with van der Waals surface area (Å²) in [6.07, 6.45) is 15.3. The van der Waals surface area contributed by atoms with Gasteiger partial charge < -0.3 is 10.4 Å². The Balaban J connectivity index is 4.12. The van der Waals surface area contributed by atoms with E-state index in [4.69, 9.17) is 0 Å². The van der Waals surface area contributed by atoms with Crippen LogP contribution in [0.2, 0.25) is 0 Å². The second kappa shape index (κ2) is 12.7. The van der Waals surface area contributed by atoms with Gasteiger partial charge in [-0.05, 0) is 44.8 Å². The van der Waals surface area contributed by atoms with Crippen LogP contribution >= 0.6 is 0 Å². The normalized spacial score (nSPS) is 14.6. The van der Waals surface area contributed by atoms with Crippen LogP contribution in [-0.4, -0.2) is 17.8 Å². The molecule has 0 rings (SSSR count). The van der Waals surface area contributed by atoms with E-state index < -0.39 is 6.10 Å². The molecule has 0 aromatic carbocycles. The van der Waals surface area contributed by atoms with Gasteiger partial charge in [0, 0.05) is 12.2 Å². The van der Waals surface area contributed by atoms with Crippen LogP contribution < -0.4 is 5.32 Å². The van der Waals surface area contributed by atoms with E-state index in [0.29, 0.717) is 6.54 Å². The number of hydrogen-bond acceptors (Lipinski definition) is 2. The van der Waals surface area contributed by atoms with Gasteiger partial charge in [0.2, 0.25) is 0 Å². The Labute approximate surface area is 125 Å². The molecule has 0 saturated carbocycles. The fourth-order valence-electron chi connectivity index (χ4n) is 1.73. The predicted octanol–water partition coefficient (Wildman–Crippen LogP) is 4.50. The van der Waals surface area contributed by atoms with E-state index in [2.05, 4.69) is 37.0 Å². The van der Waals surface area contributed by atoms with Gasteiger partial charge in [0.25, 0.3) is 0 Å². The molecule has 0 aromatic heterocycles. The maximum Gasteiger partial charge on any atom is 0.0919 e. The third-order valence-electron chi connectivity index (χ3n) is 3.20. The molecular weight excluding hydrogens is 246 g/mol. The molecule has 1 atom stereocenters. The van der Waals surface area contributed by atoms with E-state index in [1.54, 1.807) is 0 Å². The fraction of sp³-hybridized carbons (Fsp3) is 0.556. The summed E-state index contributed by atoms with van der Waals surface area (Å²) < 4.78 is 0. The lowest BCUT2D eigenvalue weighted by molar-refractivity contribution is 0.210. The first-order valence-electron chi connectivity index (χ1n) is 7.68. The highest BCUT2D eigenvalue weighted by Gasteiger charge is 2.05. The van der Waals surface area contributed by atoms with Crippen molar-refractivity contribution in [3.05, 3.63) is 48.2 Å². The van der Waals surface area contributed by atoms with Crippen molar-refractivity contribution in [3.63, 3.8) is 0 Å². The number of aliphatic hydroxyl groups is 1. The number of nitrogens with one attached hydrogen (secondary N) is 1. The zero-order valence-corrected chi connectivity index (χ0v) is 13.4. The largest absolute Gasteiger partial charge is 0.387 e. The Kier molecular flexibility index (Phi) is 11.9. The van der Waals surface area contributed by atoms with Crippen LogP contribution in [0, 0.1) is 0 Å². The molecule has 0 spiro atoms. The Morgan fingerprint density at radius 1 is 1.30 bits per heavy atom. The highest BCUT2D eigenvalue weighted by Crippen LogP contribution is 2.05. The van der Waals surface area contributed by atoms with E-state index in [-0.39, 0.29) is 0 Å². The molecule has 0 fully saturated rings. The fourth-order valence-corrected chi connectivity index (χ4v) is 1.73. The summed E-state index contributed by atoms with van der Waals surface area (Å²) in [6.45, 7) is 10.4. The molecule has 0 aliphatic heterocycles. The average molecular weight is 277 g/mol.